The second-order valence-electron chi connectivity index (χ2n) is 1.73. The van der Waals surface area contributed by atoms with Crippen LogP contribution >= 0.6 is 0 Å². The van der Waals surface area contributed by atoms with Crippen molar-refractivity contribution >= 4 is 0 Å². The summed E-state index contributed by atoms with van der Waals surface area (Å²) in [6.45, 7) is 8.17. The Morgan fingerprint density at radius 2 is 2.11 bits per heavy atom. The first-order valence-corrected chi connectivity index (χ1v) is 2.53. The fraction of sp³-hybridized carbons (Fsp3) is 0.143. The third-order valence-electron chi connectivity index (χ3n) is 0.934. The van der Waals surface area contributed by atoms with E-state index in [1.165, 1.54) is 6.08 Å². The fourth-order valence-electron chi connectivity index (χ4n) is 0.343. The van der Waals surface area contributed by atoms with Gasteiger partial charge in [-0.3, -0.25) is 0 Å². The van der Waals surface area contributed by atoms with Crippen LogP contribution in [0.25, 0.3) is 0 Å². The summed E-state index contributed by atoms with van der Waals surface area (Å²) in [5.41, 5.74) is 5.41. The van der Waals surface area contributed by atoms with E-state index in [4.69, 9.17) is 5.73 Å². The number of nitrogens with two attached hydrogens (primary N) is 1. The minimum Gasteiger partial charge on any atom is -0.397 e. The number of rotatable bonds is 2. The van der Waals surface area contributed by atoms with Crippen LogP contribution in [0.2, 0.25) is 0 Å². The third kappa shape index (κ3) is 2.13. The lowest BCUT2D eigenvalue weighted by atomic mass is 10.2. The summed E-state index contributed by atoms with van der Waals surface area (Å²) in [7, 11) is 0. The van der Waals surface area contributed by atoms with Gasteiger partial charge in [0.2, 0.25) is 0 Å². The van der Waals surface area contributed by atoms with Gasteiger partial charge in [-0.2, -0.15) is 0 Å². The molecule has 9 heavy (non-hydrogen) atoms. The molecule has 0 radical (unpaired) electrons. The summed E-state index contributed by atoms with van der Waals surface area (Å²) in [5, 5.41) is 0. The molecule has 0 aliphatic carbocycles. The molecule has 2 heteroatoms. The van der Waals surface area contributed by atoms with Gasteiger partial charge in [0.1, 0.15) is 5.83 Å². The first-order chi connectivity index (χ1) is 4.09. The molecule has 0 aromatic carbocycles. The van der Waals surface area contributed by atoms with E-state index < -0.39 is 5.83 Å². The van der Waals surface area contributed by atoms with Crippen molar-refractivity contribution in [3.8, 4) is 0 Å². The van der Waals surface area contributed by atoms with Crippen molar-refractivity contribution in [1.82, 2.24) is 0 Å². The Labute approximate surface area is 54.4 Å². The molecule has 0 bridgehead atoms. The highest BCUT2D eigenvalue weighted by Gasteiger charge is 1.97. The van der Waals surface area contributed by atoms with Gasteiger partial charge >= 0.3 is 0 Å². The summed E-state index contributed by atoms with van der Waals surface area (Å²) >= 11 is 0. The molecule has 0 aliphatic heterocycles. The highest BCUT2D eigenvalue weighted by Crippen LogP contribution is 2.10. The Bertz CT molecular complexity index is 168. The molecule has 0 saturated heterocycles. The molecule has 0 aromatic rings. The molecule has 2 N–H and O–H groups in total. The van der Waals surface area contributed by atoms with Crippen molar-refractivity contribution in [2.45, 2.75) is 6.92 Å². The molecular formula is C7H10FN. The van der Waals surface area contributed by atoms with Crippen LogP contribution in [0.1, 0.15) is 6.92 Å². The van der Waals surface area contributed by atoms with E-state index in [0.717, 1.165) is 0 Å². The largest absolute Gasteiger partial charge is 0.397 e. The summed E-state index contributed by atoms with van der Waals surface area (Å²) in [6.07, 6.45) is 1.40. The Morgan fingerprint density at radius 1 is 1.67 bits per heavy atom. The Balaban J connectivity index is 4.47. The van der Waals surface area contributed by atoms with Crippen molar-refractivity contribution < 1.29 is 4.39 Å². The standard InChI is InChI=1S/C7H10FN/c1-4-5(2)7(8)6(3)9/h4H,1,3,9H2,2H3/b7-5+. The molecule has 0 atom stereocenters. The molecule has 50 valence electrons. The van der Waals surface area contributed by atoms with E-state index in [2.05, 4.69) is 13.2 Å². The van der Waals surface area contributed by atoms with Crippen LogP contribution in [-0.2, 0) is 0 Å². The fourth-order valence-corrected chi connectivity index (χ4v) is 0.343. The van der Waals surface area contributed by atoms with Crippen LogP contribution in [0.3, 0.4) is 0 Å². The Morgan fingerprint density at radius 3 is 2.22 bits per heavy atom. The van der Waals surface area contributed by atoms with Gasteiger partial charge in [-0.15, -0.1) is 0 Å². The predicted molar refractivity (Wildman–Crippen MR) is 37.3 cm³/mol. The lowest BCUT2D eigenvalue weighted by Crippen LogP contribution is -1.96. The van der Waals surface area contributed by atoms with Gasteiger partial charge in [-0.05, 0) is 12.5 Å². The lowest BCUT2D eigenvalue weighted by molar-refractivity contribution is 0.641. The summed E-state index contributed by atoms with van der Waals surface area (Å²) < 4.78 is 12.5. The molecule has 0 aliphatic rings. The van der Waals surface area contributed by atoms with Crippen LogP contribution in [0, 0.1) is 0 Å². The molecule has 0 fully saturated rings. The molecule has 0 saturated carbocycles. The normalized spacial score (nSPS) is 12.2. The van der Waals surface area contributed by atoms with Gasteiger partial charge < -0.3 is 5.73 Å². The first kappa shape index (κ1) is 7.95. The van der Waals surface area contributed by atoms with Crippen LogP contribution in [-0.4, -0.2) is 0 Å². The van der Waals surface area contributed by atoms with Gasteiger partial charge in [0.25, 0.3) is 0 Å². The smallest absolute Gasteiger partial charge is 0.148 e. The van der Waals surface area contributed by atoms with Crippen LogP contribution < -0.4 is 5.73 Å². The average Bonchev–Trinajstić information content (AvgIpc) is 1.84. The van der Waals surface area contributed by atoms with E-state index in [1.54, 1.807) is 6.92 Å². The zero-order valence-electron chi connectivity index (χ0n) is 5.45. The Hall–Kier alpha value is -1.05. The topological polar surface area (TPSA) is 26.0 Å². The summed E-state index contributed by atoms with van der Waals surface area (Å²) in [4.78, 5) is 0. The Kier molecular flexibility index (Phi) is 2.71. The van der Waals surface area contributed by atoms with E-state index in [9.17, 15) is 4.39 Å². The zero-order valence-corrected chi connectivity index (χ0v) is 5.45. The van der Waals surface area contributed by atoms with Crippen LogP contribution in [0.15, 0.2) is 36.3 Å². The number of allylic oxidation sites excluding steroid dienone is 3. The second kappa shape index (κ2) is 3.07. The van der Waals surface area contributed by atoms with Gasteiger partial charge in [-0.1, -0.05) is 19.2 Å². The van der Waals surface area contributed by atoms with Gasteiger partial charge in [0, 0.05) is 0 Å². The number of hydrogen-bond donors (Lipinski definition) is 1. The minimum absolute atomic E-state index is 0.0487. The highest BCUT2D eigenvalue weighted by molar-refractivity contribution is 5.29. The number of halogens is 1. The van der Waals surface area contributed by atoms with Crippen LogP contribution in [0.4, 0.5) is 4.39 Å². The molecular weight excluding hydrogens is 117 g/mol. The maximum Gasteiger partial charge on any atom is 0.148 e. The molecule has 0 unspecified atom stereocenters. The quantitative estimate of drug-likeness (QED) is 0.563. The number of hydrogen-bond acceptors (Lipinski definition) is 1. The molecule has 0 spiro atoms. The van der Waals surface area contributed by atoms with Gasteiger partial charge in [-0.25, -0.2) is 4.39 Å². The monoisotopic (exact) mass is 127 g/mol. The molecule has 1 nitrogen and oxygen atoms in total. The summed E-state index contributed by atoms with van der Waals surface area (Å²) in [5.74, 6) is -0.481. The van der Waals surface area contributed by atoms with Crippen LogP contribution in [0.5, 0.6) is 0 Å². The van der Waals surface area contributed by atoms with Crippen molar-refractivity contribution in [2.24, 2.45) is 5.73 Å². The maximum absolute atomic E-state index is 12.5. The predicted octanol–water partition coefficient (Wildman–Crippen LogP) is 1.89. The third-order valence-corrected chi connectivity index (χ3v) is 0.934. The zero-order chi connectivity index (χ0) is 7.44. The summed E-state index contributed by atoms with van der Waals surface area (Å²) in [6, 6.07) is 0. The van der Waals surface area contributed by atoms with Crippen molar-refractivity contribution in [3.05, 3.63) is 36.3 Å². The van der Waals surface area contributed by atoms with E-state index >= 15 is 0 Å². The van der Waals surface area contributed by atoms with E-state index in [-0.39, 0.29) is 5.70 Å². The van der Waals surface area contributed by atoms with Gasteiger partial charge in [0.15, 0.2) is 0 Å². The first-order valence-electron chi connectivity index (χ1n) is 2.53. The van der Waals surface area contributed by atoms with Crippen molar-refractivity contribution in [3.63, 3.8) is 0 Å². The SMILES string of the molecule is C=C/C(C)=C(/F)C(=C)N. The van der Waals surface area contributed by atoms with E-state index in [0.29, 0.717) is 5.57 Å². The van der Waals surface area contributed by atoms with Crippen molar-refractivity contribution in [2.75, 3.05) is 0 Å². The lowest BCUT2D eigenvalue weighted by Gasteiger charge is -1.95. The average molecular weight is 127 g/mol. The molecule has 0 amide bonds. The highest BCUT2D eigenvalue weighted by atomic mass is 19.1. The molecule has 0 heterocycles. The van der Waals surface area contributed by atoms with Crippen molar-refractivity contribution in [1.29, 1.82) is 0 Å². The molecule has 0 rings (SSSR count). The van der Waals surface area contributed by atoms with E-state index in [1.807, 2.05) is 0 Å². The second-order valence-corrected chi connectivity index (χ2v) is 1.73. The van der Waals surface area contributed by atoms with Gasteiger partial charge in [0.05, 0.1) is 5.70 Å². The molecule has 0 aromatic heterocycles. The maximum atomic E-state index is 12.5. The minimum atomic E-state index is -0.481.